The van der Waals surface area contributed by atoms with Crippen LogP contribution in [0.1, 0.15) is 48.9 Å². The number of carbonyl (C=O) groups is 2. The molecule has 1 aromatic carbocycles. The van der Waals surface area contributed by atoms with Crippen LogP contribution in [0.2, 0.25) is 0 Å². The highest BCUT2D eigenvalue weighted by Gasteiger charge is 2.31. The van der Waals surface area contributed by atoms with E-state index in [1.54, 1.807) is 0 Å². The highest BCUT2D eigenvalue weighted by atomic mass is 16.6. The van der Waals surface area contributed by atoms with Gasteiger partial charge in [-0.05, 0) is 42.5 Å². The number of hydrogen-bond acceptors (Lipinski definition) is 5. The van der Waals surface area contributed by atoms with Gasteiger partial charge in [0.1, 0.15) is 6.61 Å². The van der Waals surface area contributed by atoms with Crippen molar-refractivity contribution in [2.75, 3.05) is 12.4 Å². The number of methoxy groups -OCH3 is 1. The molecule has 1 saturated carbocycles. The zero-order valence-corrected chi connectivity index (χ0v) is 19.4. The van der Waals surface area contributed by atoms with Crippen molar-refractivity contribution in [2.24, 2.45) is 5.92 Å². The summed E-state index contributed by atoms with van der Waals surface area (Å²) < 4.78 is 12.6. The molecule has 6 nitrogen and oxygen atoms in total. The Morgan fingerprint density at radius 1 is 1.03 bits per heavy atom. The van der Waals surface area contributed by atoms with Crippen LogP contribution in [0.4, 0.5) is 5.69 Å². The van der Waals surface area contributed by atoms with Gasteiger partial charge in [0.15, 0.2) is 0 Å². The third kappa shape index (κ3) is 5.21. The molecule has 0 aliphatic heterocycles. The molecular weight excluding hydrogens is 416 g/mol. The van der Waals surface area contributed by atoms with Crippen molar-refractivity contribution in [3.05, 3.63) is 71.5 Å². The zero-order chi connectivity index (χ0) is 23.2. The molecule has 0 spiro atoms. The Morgan fingerprint density at radius 2 is 1.76 bits per heavy atom. The summed E-state index contributed by atoms with van der Waals surface area (Å²) in [6, 6.07) is 14.1. The van der Waals surface area contributed by atoms with Crippen molar-refractivity contribution in [3.63, 3.8) is 0 Å². The second-order valence-corrected chi connectivity index (χ2v) is 8.80. The molecule has 4 rings (SSSR count). The van der Waals surface area contributed by atoms with Gasteiger partial charge < -0.3 is 19.2 Å². The fraction of sp³-hybridized carbons (Fsp3) is 0.407. The summed E-state index contributed by atoms with van der Waals surface area (Å²) >= 11 is 0. The number of aromatic nitrogens is 1. The predicted molar refractivity (Wildman–Crippen MR) is 128 cm³/mol. The Bertz CT molecular complexity index is 1100. The third-order valence-electron chi connectivity index (χ3n) is 6.61. The lowest BCUT2D eigenvalue weighted by atomic mass is 9.85. The average Bonchev–Trinajstić information content (AvgIpc) is 3.12. The molecule has 33 heavy (non-hydrogen) atoms. The van der Waals surface area contributed by atoms with Gasteiger partial charge in [0.05, 0.1) is 18.3 Å². The van der Waals surface area contributed by atoms with Gasteiger partial charge in [0.25, 0.3) is 0 Å². The Labute approximate surface area is 194 Å². The van der Waals surface area contributed by atoms with Gasteiger partial charge in [-0.1, -0.05) is 68.5 Å². The Balaban J connectivity index is 1.59. The van der Waals surface area contributed by atoms with Crippen molar-refractivity contribution < 1.29 is 19.1 Å². The molecule has 0 radical (unpaired) electrons. The highest BCUT2D eigenvalue weighted by molar-refractivity contribution is 6.03. The maximum Gasteiger partial charge on any atom is 0.340 e. The quantitative estimate of drug-likeness (QED) is 0.385. The molecule has 0 amide bonds. The van der Waals surface area contributed by atoms with E-state index in [1.807, 2.05) is 54.7 Å². The first-order chi connectivity index (χ1) is 16.1. The SMILES string of the molecule is COC(=O)C(Nc1c(C)c(CC2CCCCC2)n2ccccc12)C(=O)OCc1ccccc1. The summed E-state index contributed by atoms with van der Waals surface area (Å²) in [7, 11) is 1.28. The largest absolute Gasteiger partial charge is 0.467 e. The van der Waals surface area contributed by atoms with Crippen LogP contribution in [0, 0.1) is 12.8 Å². The summed E-state index contributed by atoms with van der Waals surface area (Å²) in [5, 5.41) is 3.16. The first-order valence-corrected chi connectivity index (χ1v) is 11.7. The maximum atomic E-state index is 12.9. The lowest BCUT2D eigenvalue weighted by molar-refractivity contribution is -0.155. The van der Waals surface area contributed by atoms with Gasteiger partial charge in [-0.2, -0.15) is 0 Å². The van der Waals surface area contributed by atoms with E-state index in [9.17, 15) is 9.59 Å². The van der Waals surface area contributed by atoms with Crippen LogP contribution in [-0.4, -0.2) is 29.5 Å². The van der Waals surface area contributed by atoms with E-state index in [0.29, 0.717) is 5.92 Å². The number of carbonyl (C=O) groups excluding carboxylic acids is 2. The van der Waals surface area contributed by atoms with Gasteiger partial charge in [-0.25, -0.2) is 9.59 Å². The molecule has 1 N–H and O–H groups in total. The molecule has 1 fully saturated rings. The fourth-order valence-electron chi connectivity index (χ4n) is 4.79. The number of rotatable bonds is 8. The van der Waals surface area contributed by atoms with Crippen LogP contribution in [0.5, 0.6) is 0 Å². The van der Waals surface area contributed by atoms with E-state index in [1.165, 1.54) is 44.9 Å². The molecule has 2 heterocycles. The smallest absolute Gasteiger partial charge is 0.340 e. The van der Waals surface area contributed by atoms with Gasteiger partial charge in [0.2, 0.25) is 6.04 Å². The molecule has 1 aliphatic carbocycles. The predicted octanol–water partition coefficient (Wildman–Crippen LogP) is 5.07. The third-order valence-corrected chi connectivity index (χ3v) is 6.61. The van der Waals surface area contributed by atoms with E-state index in [-0.39, 0.29) is 6.61 Å². The minimum absolute atomic E-state index is 0.0945. The van der Waals surface area contributed by atoms with Crippen molar-refractivity contribution in [2.45, 2.75) is 58.1 Å². The number of nitrogens with zero attached hydrogens (tertiary/aromatic N) is 1. The first-order valence-electron chi connectivity index (χ1n) is 11.7. The standard InChI is InChI=1S/C27H32N2O4/c1-19-23(17-20-11-5-3-6-12-20)29-16-10-9-15-22(29)24(19)28-25(26(30)32-2)27(31)33-18-21-13-7-4-8-14-21/h4,7-10,13-16,20,25,28H,3,5-6,11-12,17-18H2,1-2H3. The number of esters is 2. The van der Waals surface area contributed by atoms with Gasteiger partial charge in [-0.15, -0.1) is 0 Å². The Kier molecular flexibility index (Phi) is 7.33. The van der Waals surface area contributed by atoms with E-state index in [0.717, 1.165) is 28.8 Å². The van der Waals surface area contributed by atoms with E-state index in [4.69, 9.17) is 9.47 Å². The minimum atomic E-state index is -1.24. The highest BCUT2D eigenvalue weighted by Crippen LogP contribution is 2.34. The lowest BCUT2D eigenvalue weighted by Crippen LogP contribution is -2.39. The number of ether oxygens (including phenoxy) is 2. The van der Waals surface area contributed by atoms with Crippen LogP contribution in [0.25, 0.3) is 5.52 Å². The summed E-state index contributed by atoms with van der Waals surface area (Å²) in [6.07, 6.45) is 9.43. The number of pyridine rings is 1. The van der Waals surface area contributed by atoms with Crippen LogP contribution >= 0.6 is 0 Å². The molecule has 1 atom stereocenters. The van der Waals surface area contributed by atoms with E-state index < -0.39 is 18.0 Å². The van der Waals surface area contributed by atoms with Crippen molar-refractivity contribution >= 4 is 23.1 Å². The number of fused-ring (bicyclic) bond motifs is 1. The number of hydrogen-bond donors (Lipinski definition) is 1. The maximum absolute atomic E-state index is 12.9. The van der Waals surface area contributed by atoms with Gasteiger partial charge in [0, 0.05) is 11.9 Å². The number of anilines is 1. The van der Waals surface area contributed by atoms with Crippen LogP contribution in [0.3, 0.4) is 0 Å². The molecule has 2 aromatic heterocycles. The van der Waals surface area contributed by atoms with Crippen LogP contribution < -0.4 is 5.32 Å². The van der Waals surface area contributed by atoms with Crippen LogP contribution in [-0.2, 0) is 32.1 Å². The molecular formula is C27H32N2O4. The fourth-order valence-corrected chi connectivity index (χ4v) is 4.79. The molecule has 1 unspecified atom stereocenters. The van der Waals surface area contributed by atoms with E-state index >= 15 is 0 Å². The van der Waals surface area contributed by atoms with Crippen molar-refractivity contribution in [1.82, 2.24) is 4.40 Å². The summed E-state index contributed by atoms with van der Waals surface area (Å²) in [5.41, 5.74) is 4.84. The molecule has 174 valence electrons. The molecule has 3 aromatic rings. The van der Waals surface area contributed by atoms with Crippen LogP contribution in [0.15, 0.2) is 54.7 Å². The summed E-state index contributed by atoms with van der Waals surface area (Å²) in [6.45, 7) is 2.15. The summed E-state index contributed by atoms with van der Waals surface area (Å²) in [5.74, 6) is -0.665. The van der Waals surface area contributed by atoms with Gasteiger partial charge in [-0.3, -0.25) is 0 Å². The lowest BCUT2D eigenvalue weighted by Gasteiger charge is -2.22. The van der Waals surface area contributed by atoms with Crippen molar-refractivity contribution in [1.29, 1.82) is 0 Å². The monoisotopic (exact) mass is 448 g/mol. The zero-order valence-electron chi connectivity index (χ0n) is 19.4. The normalized spacial score (nSPS) is 15.2. The number of benzene rings is 1. The summed E-state index contributed by atoms with van der Waals surface area (Å²) in [4.78, 5) is 25.4. The second-order valence-electron chi connectivity index (χ2n) is 8.80. The molecule has 6 heteroatoms. The first kappa shape index (κ1) is 22.9. The molecule has 1 aliphatic rings. The molecule has 0 bridgehead atoms. The topological polar surface area (TPSA) is 69.0 Å². The average molecular weight is 449 g/mol. The molecule has 0 saturated heterocycles. The van der Waals surface area contributed by atoms with E-state index in [2.05, 4.69) is 16.6 Å². The minimum Gasteiger partial charge on any atom is -0.467 e. The Morgan fingerprint density at radius 3 is 2.48 bits per heavy atom. The van der Waals surface area contributed by atoms with Gasteiger partial charge >= 0.3 is 11.9 Å². The second kappa shape index (κ2) is 10.6. The van der Waals surface area contributed by atoms with Crippen molar-refractivity contribution in [3.8, 4) is 0 Å². The number of nitrogens with one attached hydrogen (secondary N) is 1. The Hall–Kier alpha value is -3.28.